The van der Waals surface area contributed by atoms with Gasteiger partial charge in [0.25, 0.3) is 0 Å². The summed E-state index contributed by atoms with van der Waals surface area (Å²) in [5.74, 6) is -1.37. The van der Waals surface area contributed by atoms with Crippen LogP contribution >= 0.6 is 34.7 Å². The molecule has 0 saturated carbocycles. The molecule has 12 heteroatoms. The number of sulfone groups is 1. The molecule has 0 fully saturated rings. The Balaban J connectivity index is 1.69. The standard InChI is InChI=1S/C16H12ClFN4O3S3/c17-12-5-6-14(27-12)28(24,25)11-7-20-16(22-15(11)19)26-8-13(23)21-10-4-2-1-3-9(10)18/h1-7H,8H2,(H,21,23)(H2,19,20,22). The highest BCUT2D eigenvalue weighted by Gasteiger charge is 2.24. The van der Waals surface area contributed by atoms with Crippen LogP contribution in [-0.2, 0) is 14.6 Å². The van der Waals surface area contributed by atoms with Crippen LogP contribution < -0.4 is 11.1 Å². The van der Waals surface area contributed by atoms with Gasteiger partial charge in [0.2, 0.25) is 15.7 Å². The smallest absolute Gasteiger partial charge is 0.234 e. The number of halogens is 2. The monoisotopic (exact) mass is 458 g/mol. The first-order valence-electron chi connectivity index (χ1n) is 7.57. The Morgan fingerprint density at radius 1 is 1.29 bits per heavy atom. The summed E-state index contributed by atoms with van der Waals surface area (Å²) >= 11 is 7.62. The molecule has 28 heavy (non-hydrogen) atoms. The third-order valence-electron chi connectivity index (χ3n) is 3.34. The maximum atomic E-state index is 13.5. The highest BCUT2D eigenvalue weighted by molar-refractivity contribution is 7.99. The second kappa shape index (κ2) is 8.43. The van der Waals surface area contributed by atoms with E-state index in [0.717, 1.165) is 29.3 Å². The molecule has 0 aliphatic heterocycles. The summed E-state index contributed by atoms with van der Waals surface area (Å²) in [6.07, 6.45) is 1.09. The summed E-state index contributed by atoms with van der Waals surface area (Å²) in [7, 11) is -3.89. The third kappa shape index (κ3) is 4.61. The Kier molecular flexibility index (Phi) is 6.18. The number of aromatic nitrogens is 2. The number of amides is 1. The molecule has 2 heterocycles. The van der Waals surface area contributed by atoms with E-state index < -0.39 is 21.6 Å². The molecule has 0 unspecified atom stereocenters. The van der Waals surface area contributed by atoms with Crippen LogP contribution in [0.15, 0.2) is 56.9 Å². The van der Waals surface area contributed by atoms with Crippen molar-refractivity contribution < 1.29 is 17.6 Å². The van der Waals surface area contributed by atoms with Crippen molar-refractivity contribution in [2.24, 2.45) is 0 Å². The lowest BCUT2D eigenvalue weighted by molar-refractivity contribution is -0.113. The first kappa shape index (κ1) is 20.5. The minimum absolute atomic E-state index is 0.0254. The zero-order valence-corrected chi connectivity index (χ0v) is 17.1. The normalized spacial score (nSPS) is 11.4. The first-order valence-corrected chi connectivity index (χ1v) is 11.2. The number of benzene rings is 1. The number of hydrogen-bond donors (Lipinski definition) is 2. The lowest BCUT2D eigenvalue weighted by Gasteiger charge is -2.07. The van der Waals surface area contributed by atoms with Gasteiger partial charge in [-0.2, -0.15) is 0 Å². The van der Waals surface area contributed by atoms with Crippen LogP contribution in [-0.4, -0.2) is 30.0 Å². The van der Waals surface area contributed by atoms with Crippen molar-refractivity contribution in [1.29, 1.82) is 0 Å². The number of nitrogens with one attached hydrogen (secondary N) is 1. The Bertz CT molecular complexity index is 1140. The summed E-state index contributed by atoms with van der Waals surface area (Å²) in [5, 5.41) is 2.54. The van der Waals surface area contributed by atoms with Gasteiger partial charge in [-0.3, -0.25) is 4.79 Å². The number of para-hydroxylation sites is 1. The number of anilines is 2. The number of thioether (sulfide) groups is 1. The molecule has 2 aromatic heterocycles. The van der Waals surface area contributed by atoms with E-state index in [0.29, 0.717) is 4.34 Å². The Morgan fingerprint density at radius 2 is 2.04 bits per heavy atom. The molecule has 1 amide bonds. The van der Waals surface area contributed by atoms with Crippen LogP contribution in [0.1, 0.15) is 0 Å². The quantitative estimate of drug-likeness (QED) is 0.429. The fourth-order valence-corrected chi connectivity index (χ4v) is 5.56. The highest BCUT2D eigenvalue weighted by atomic mass is 35.5. The van der Waals surface area contributed by atoms with E-state index in [9.17, 15) is 17.6 Å². The fourth-order valence-electron chi connectivity index (χ4n) is 2.07. The van der Waals surface area contributed by atoms with Crippen LogP contribution in [0, 0.1) is 5.82 Å². The Hall–Kier alpha value is -2.21. The zero-order chi connectivity index (χ0) is 20.3. The average molecular weight is 459 g/mol. The lowest BCUT2D eigenvalue weighted by Crippen LogP contribution is -2.15. The number of rotatable bonds is 6. The van der Waals surface area contributed by atoms with Gasteiger partial charge in [-0.25, -0.2) is 22.8 Å². The predicted octanol–water partition coefficient (Wildman–Crippen LogP) is 3.48. The van der Waals surface area contributed by atoms with Crippen LogP contribution in [0.25, 0.3) is 0 Å². The third-order valence-corrected chi connectivity index (χ3v) is 7.70. The van der Waals surface area contributed by atoms with Crippen molar-refractivity contribution in [2.45, 2.75) is 14.3 Å². The summed E-state index contributed by atoms with van der Waals surface area (Å²) < 4.78 is 39.0. The largest absolute Gasteiger partial charge is 0.382 e. The maximum absolute atomic E-state index is 13.5. The average Bonchev–Trinajstić information content (AvgIpc) is 3.09. The molecular formula is C16H12ClFN4O3S3. The SMILES string of the molecule is Nc1nc(SCC(=O)Nc2ccccc2F)ncc1S(=O)(=O)c1ccc(Cl)s1. The van der Waals surface area contributed by atoms with Gasteiger partial charge in [-0.1, -0.05) is 35.5 Å². The number of thiophene rings is 1. The number of carbonyl (C=O) groups is 1. The molecule has 0 bridgehead atoms. The van der Waals surface area contributed by atoms with E-state index in [4.69, 9.17) is 17.3 Å². The number of hydrogen-bond acceptors (Lipinski definition) is 8. The molecule has 0 saturated heterocycles. The van der Waals surface area contributed by atoms with Crippen molar-refractivity contribution in [3.8, 4) is 0 Å². The number of nitrogens with two attached hydrogens (primary N) is 1. The molecule has 3 aromatic rings. The fraction of sp³-hybridized carbons (Fsp3) is 0.0625. The number of carbonyl (C=O) groups excluding carboxylic acids is 1. The van der Waals surface area contributed by atoms with E-state index in [2.05, 4.69) is 15.3 Å². The second-order valence-corrected chi connectivity index (χ2v) is 10.1. The van der Waals surface area contributed by atoms with Gasteiger partial charge in [-0.05, 0) is 24.3 Å². The summed E-state index contributed by atoms with van der Waals surface area (Å²) in [6, 6.07) is 8.60. The highest BCUT2D eigenvalue weighted by Crippen LogP contribution is 2.32. The van der Waals surface area contributed by atoms with Crippen molar-refractivity contribution >= 4 is 61.9 Å². The van der Waals surface area contributed by atoms with Gasteiger partial charge in [0, 0.05) is 0 Å². The van der Waals surface area contributed by atoms with Crippen LogP contribution in [0.5, 0.6) is 0 Å². The molecule has 0 atom stereocenters. The second-order valence-electron chi connectivity index (χ2n) is 5.28. The van der Waals surface area contributed by atoms with Gasteiger partial charge >= 0.3 is 0 Å². The van der Waals surface area contributed by atoms with Gasteiger partial charge in [-0.15, -0.1) is 11.3 Å². The number of nitrogens with zero attached hydrogens (tertiary/aromatic N) is 2. The molecule has 3 rings (SSSR count). The molecule has 0 aliphatic rings. The summed E-state index contributed by atoms with van der Waals surface area (Å²) in [6.45, 7) is 0. The van der Waals surface area contributed by atoms with Crippen molar-refractivity contribution in [3.05, 3.63) is 52.7 Å². The van der Waals surface area contributed by atoms with E-state index in [1.165, 1.54) is 30.3 Å². The molecular weight excluding hydrogens is 447 g/mol. The molecule has 3 N–H and O–H groups in total. The van der Waals surface area contributed by atoms with Gasteiger partial charge < -0.3 is 11.1 Å². The lowest BCUT2D eigenvalue weighted by atomic mass is 10.3. The first-order chi connectivity index (χ1) is 13.3. The predicted molar refractivity (Wildman–Crippen MR) is 107 cm³/mol. The molecule has 0 radical (unpaired) electrons. The van der Waals surface area contributed by atoms with Gasteiger partial charge in [0.1, 0.15) is 20.7 Å². The Labute approximate surface area is 173 Å². The summed E-state index contributed by atoms with van der Waals surface area (Å²) in [5.41, 5.74) is 5.84. The van der Waals surface area contributed by atoms with Crippen LogP contribution in [0.4, 0.5) is 15.9 Å². The van der Waals surface area contributed by atoms with Crippen molar-refractivity contribution in [3.63, 3.8) is 0 Å². The Morgan fingerprint density at radius 3 is 2.68 bits per heavy atom. The molecule has 0 spiro atoms. The van der Waals surface area contributed by atoms with E-state index in [1.54, 1.807) is 6.07 Å². The zero-order valence-electron chi connectivity index (χ0n) is 13.9. The molecule has 0 aliphatic carbocycles. The minimum atomic E-state index is -3.89. The van der Waals surface area contributed by atoms with Crippen LogP contribution in [0.3, 0.4) is 0 Å². The van der Waals surface area contributed by atoms with Gasteiger partial charge in [0.15, 0.2) is 5.16 Å². The van der Waals surface area contributed by atoms with E-state index in [1.807, 2.05) is 0 Å². The topological polar surface area (TPSA) is 115 Å². The van der Waals surface area contributed by atoms with Gasteiger partial charge in [0.05, 0.1) is 22.0 Å². The van der Waals surface area contributed by atoms with Crippen molar-refractivity contribution in [2.75, 3.05) is 16.8 Å². The van der Waals surface area contributed by atoms with E-state index in [-0.39, 0.29) is 31.5 Å². The van der Waals surface area contributed by atoms with E-state index >= 15 is 0 Å². The van der Waals surface area contributed by atoms with Crippen LogP contribution in [0.2, 0.25) is 4.34 Å². The maximum Gasteiger partial charge on any atom is 0.234 e. The number of nitrogen functional groups attached to an aromatic ring is 1. The summed E-state index contributed by atoms with van der Waals surface area (Å²) in [4.78, 5) is 19.6. The molecule has 7 nitrogen and oxygen atoms in total. The molecule has 1 aromatic carbocycles. The minimum Gasteiger partial charge on any atom is -0.382 e. The molecule has 146 valence electrons. The van der Waals surface area contributed by atoms with Crippen molar-refractivity contribution in [1.82, 2.24) is 9.97 Å².